The van der Waals surface area contributed by atoms with E-state index in [1.807, 2.05) is 0 Å². The minimum atomic E-state index is -0.773. The molecule has 0 saturated carbocycles. The summed E-state index contributed by atoms with van der Waals surface area (Å²) in [6.07, 6.45) is 7.55. The van der Waals surface area contributed by atoms with Crippen LogP contribution in [0.2, 0.25) is 0 Å². The molecule has 1 aliphatic heterocycles. The van der Waals surface area contributed by atoms with Crippen LogP contribution in [-0.2, 0) is 23.2 Å². The van der Waals surface area contributed by atoms with E-state index in [1.54, 1.807) is 22.3 Å². The Labute approximate surface area is 207 Å². The van der Waals surface area contributed by atoms with Gasteiger partial charge in [0.2, 0.25) is 0 Å². The van der Waals surface area contributed by atoms with Gasteiger partial charge in [0.05, 0.1) is 0 Å². The van der Waals surface area contributed by atoms with Crippen molar-refractivity contribution in [2.24, 2.45) is 0 Å². The van der Waals surface area contributed by atoms with Crippen molar-refractivity contribution in [3.05, 3.63) is 130 Å². The number of rotatable bonds is 2. The van der Waals surface area contributed by atoms with Crippen LogP contribution in [0.1, 0.15) is 42.3 Å². The first-order chi connectivity index (χ1) is 16.4. The molecule has 7 rings (SSSR count). The van der Waals surface area contributed by atoms with Crippen LogP contribution < -0.4 is 0 Å². The van der Waals surface area contributed by atoms with E-state index >= 15 is 0 Å². The molecule has 0 aromatic heterocycles. The fourth-order valence-corrected chi connectivity index (χ4v) is 11.1. The molecule has 156 valence electrons. The van der Waals surface area contributed by atoms with E-state index in [9.17, 15) is 0 Å². The molecular formula is C32H24Zr. The number of benzene rings is 4. The number of hydrogen-bond donors (Lipinski definition) is 0. The molecule has 0 amide bonds. The predicted molar refractivity (Wildman–Crippen MR) is 134 cm³/mol. The summed E-state index contributed by atoms with van der Waals surface area (Å²) in [5.74, 6) is 0. The summed E-state index contributed by atoms with van der Waals surface area (Å²) in [6, 6.07) is 35.9. The quantitative estimate of drug-likeness (QED) is 0.259. The van der Waals surface area contributed by atoms with Crippen LogP contribution in [0.5, 0.6) is 0 Å². The fraction of sp³-hybridized carbons (Fsp3) is 0.125. The van der Waals surface area contributed by atoms with Crippen molar-refractivity contribution in [1.82, 2.24) is 0 Å². The van der Waals surface area contributed by atoms with E-state index in [0.29, 0.717) is 7.25 Å². The number of hydrogen-bond acceptors (Lipinski definition) is 0. The molecule has 0 unspecified atom stereocenters. The first-order valence-electron chi connectivity index (χ1n) is 11.9. The Morgan fingerprint density at radius 3 is 1.39 bits per heavy atom. The molecule has 0 nitrogen and oxygen atoms in total. The van der Waals surface area contributed by atoms with Gasteiger partial charge in [-0.2, -0.15) is 0 Å². The Hall–Kier alpha value is -2.76. The molecule has 1 fully saturated rings. The van der Waals surface area contributed by atoms with Crippen molar-refractivity contribution >= 4 is 12.2 Å². The van der Waals surface area contributed by atoms with E-state index < -0.39 is 23.2 Å². The van der Waals surface area contributed by atoms with Gasteiger partial charge >= 0.3 is 208 Å². The molecule has 1 saturated heterocycles. The van der Waals surface area contributed by atoms with Gasteiger partial charge in [-0.15, -0.1) is 0 Å². The third-order valence-electron chi connectivity index (χ3n) is 7.51. The first kappa shape index (κ1) is 19.7. The zero-order valence-corrected chi connectivity index (χ0v) is 20.9. The second kappa shape index (κ2) is 7.93. The standard InChI is InChI=1S/C32H24.Zr/c1-3-9-25(10-4-1)29-15-7-13-27-19-23(21-31(27)29)17-18-24-20-28-14-8-16-30(32(28)22-24)26-11-5-2-6-12-26;/h1-16,19-22H,17-18H2;. The molecule has 3 aliphatic rings. The Morgan fingerprint density at radius 2 is 0.939 bits per heavy atom. The van der Waals surface area contributed by atoms with Gasteiger partial charge < -0.3 is 0 Å². The fourth-order valence-electron chi connectivity index (χ4n) is 5.95. The topological polar surface area (TPSA) is 0 Å². The van der Waals surface area contributed by atoms with Crippen LogP contribution in [0, 0.1) is 0 Å². The monoisotopic (exact) mass is 498 g/mol. The van der Waals surface area contributed by atoms with Crippen LogP contribution in [0.15, 0.2) is 108 Å². The van der Waals surface area contributed by atoms with E-state index in [2.05, 4.69) is 109 Å². The van der Waals surface area contributed by atoms with Gasteiger partial charge in [-0.25, -0.2) is 0 Å². The second-order valence-corrected chi connectivity index (χ2v) is 13.0. The van der Waals surface area contributed by atoms with Crippen molar-refractivity contribution in [2.75, 3.05) is 0 Å². The minimum absolute atomic E-state index is 0.703. The van der Waals surface area contributed by atoms with Gasteiger partial charge in [0.25, 0.3) is 0 Å². The number of allylic oxidation sites excluding steroid dienone is 2. The molecule has 0 spiro atoms. The van der Waals surface area contributed by atoms with Crippen LogP contribution in [0.4, 0.5) is 0 Å². The van der Waals surface area contributed by atoms with Crippen molar-refractivity contribution in [1.29, 1.82) is 0 Å². The summed E-state index contributed by atoms with van der Waals surface area (Å²) in [5, 5.41) is 0. The molecule has 1 heteroatoms. The maximum absolute atomic E-state index is 2.56. The number of fused-ring (bicyclic) bond motifs is 6. The molecule has 0 radical (unpaired) electrons. The zero-order chi connectivity index (χ0) is 21.8. The molecular weight excluding hydrogens is 476 g/mol. The summed E-state index contributed by atoms with van der Waals surface area (Å²) in [5.41, 5.74) is 15.1. The van der Waals surface area contributed by atoms with Gasteiger partial charge in [-0.05, 0) is 0 Å². The molecule has 2 aliphatic carbocycles. The van der Waals surface area contributed by atoms with Crippen molar-refractivity contribution in [3.63, 3.8) is 0 Å². The van der Waals surface area contributed by atoms with Crippen molar-refractivity contribution in [2.45, 2.75) is 20.1 Å². The normalized spacial score (nSPS) is 19.9. The molecule has 0 N–H and O–H groups in total. The molecule has 2 atom stereocenters. The van der Waals surface area contributed by atoms with Gasteiger partial charge in [-0.1, -0.05) is 0 Å². The maximum atomic E-state index is 2.56. The Balaban J connectivity index is 1.30. The van der Waals surface area contributed by atoms with Gasteiger partial charge in [0.1, 0.15) is 0 Å². The van der Waals surface area contributed by atoms with Gasteiger partial charge in [0, 0.05) is 0 Å². The van der Waals surface area contributed by atoms with Crippen LogP contribution >= 0.6 is 0 Å². The first-order valence-corrected chi connectivity index (χ1v) is 14.7. The summed E-state index contributed by atoms with van der Waals surface area (Å²) in [6.45, 7) is 0. The summed E-state index contributed by atoms with van der Waals surface area (Å²) in [7, 11) is 0. The van der Waals surface area contributed by atoms with E-state index in [-0.39, 0.29) is 0 Å². The summed E-state index contributed by atoms with van der Waals surface area (Å²) in [4.78, 5) is 0. The average Bonchev–Trinajstić information content (AvgIpc) is 3.36. The van der Waals surface area contributed by atoms with Gasteiger partial charge in [0.15, 0.2) is 0 Å². The van der Waals surface area contributed by atoms with Crippen molar-refractivity contribution < 1.29 is 23.2 Å². The van der Waals surface area contributed by atoms with E-state index in [4.69, 9.17) is 0 Å². The average molecular weight is 500 g/mol. The summed E-state index contributed by atoms with van der Waals surface area (Å²) >= 11 is -0.773. The van der Waals surface area contributed by atoms with E-state index in [0.717, 1.165) is 0 Å². The van der Waals surface area contributed by atoms with Crippen LogP contribution in [-0.4, -0.2) is 0 Å². The Bertz CT molecular complexity index is 1320. The predicted octanol–water partition coefficient (Wildman–Crippen LogP) is 8.47. The molecule has 0 bridgehead atoms. The SMILES string of the molecule is C1=C2CCC3=Cc4c(-c5ccccc5)cccc4[C@H]3[Zr][C@H]2c2cccc(-c3ccccc3)c21. The van der Waals surface area contributed by atoms with Crippen LogP contribution in [0.25, 0.3) is 34.4 Å². The third-order valence-corrected chi connectivity index (χ3v) is 12.5. The molecule has 1 heterocycles. The van der Waals surface area contributed by atoms with Crippen molar-refractivity contribution in [3.8, 4) is 22.3 Å². The Kier molecular flexibility index (Phi) is 4.73. The van der Waals surface area contributed by atoms with Gasteiger partial charge in [-0.3, -0.25) is 0 Å². The molecule has 33 heavy (non-hydrogen) atoms. The zero-order valence-electron chi connectivity index (χ0n) is 18.5. The molecule has 4 aromatic carbocycles. The van der Waals surface area contributed by atoms with E-state index in [1.165, 1.54) is 46.2 Å². The summed E-state index contributed by atoms with van der Waals surface area (Å²) < 4.78 is 1.41. The Morgan fingerprint density at radius 1 is 0.485 bits per heavy atom. The second-order valence-electron chi connectivity index (χ2n) is 9.32. The third kappa shape index (κ3) is 3.21. The molecule has 4 aromatic rings. The van der Waals surface area contributed by atoms with Crippen LogP contribution in [0.3, 0.4) is 0 Å².